The predicted molar refractivity (Wildman–Crippen MR) is 128 cm³/mol. The first-order valence-corrected chi connectivity index (χ1v) is 12.0. The number of anilines is 1. The number of hydrogen-bond donors (Lipinski definition) is 3. The second-order valence-corrected chi connectivity index (χ2v) is 9.33. The molecule has 3 N–H and O–H groups in total. The van der Waals surface area contributed by atoms with Crippen molar-refractivity contribution < 1.29 is 9.84 Å². The summed E-state index contributed by atoms with van der Waals surface area (Å²) in [6.07, 6.45) is 5.46. The molecule has 6 rings (SSSR count). The van der Waals surface area contributed by atoms with Crippen LogP contribution in [-0.4, -0.2) is 74.1 Å². The van der Waals surface area contributed by atoms with Gasteiger partial charge in [-0.3, -0.25) is 15.0 Å². The van der Waals surface area contributed by atoms with E-state index in [0.29, 0.717) is 16.9 Å². The number of morpholine rings is 1. The summed E-state index contributed by atoms with van der Waals surface area (Å²) in [5.74, 6) is -0.225. The zero-order valence-corrected chi connectivity index (χ0v) is 19.4. The standard InChI is InChI=1S/C22H24N8O3S/c1-28(29-4-6-33-7-5-29)19-9-14(12-34-19)16-10-18(24-15-2-3-15)30-20(25-16)13(11-23-30)8-17-21(31)27-22(32)26-17/h8-12,15,31H,2-7H2,1H3,(H2,26,27,32). The summed E-state index contributed by atoms with van der Waals surface area (Å²) in [4.78, 5) is 26.2. The lowest BCUT2D eigenvalue weighted by Gasteiger charge is -2.35. The van der Waals surface area contributed by atoms with Gasteiger partial charge in [-0.25, -0.2) is 14.8 Å². The molecule has 0 radical (unpaired) electrons. The normalized spacial score (nSPS) is 18.3. The van der Waals surface area contributed by atoms with Gasteiger partial charge in [-0.1, -0.05) is 0 Å². The molecular weight excluding hydrogens is 456 g/mol. The third kappa shape index (κ3) is 4.00. The Bertz CT molecular complexity index is 1520. The van der Waals surface area contributed by atoms with E-state index in [-0.39, 0.29) is 11.6 Å². The van der Waals surface area contributed by atoms with E-state index in [1.165, 1.54) is 0 Å². The van der Waals surface area contributed by atoms with Crippen LogP contribution in [0.1, 0.15) is 18.5 Å². The van der Waals surface area contributed by atoms with Crippen molar-refractivity contribution in [3.8, 4) is 17.1 Å². The SMILES string of the molecule is CN(c1cc(-c2cc(=NC3CC3)n3ncc(=Cc4[nH]c(=O)[nH]c4O)c3n2)cs1)N1CCOCC1. The number of nitrogens with zero attached hydrogens (tertiary/aromatic N) is 6. The largest absolute Gasteiger partial charge is 0.493 e. The molecule has 4 aromatic heterocycles. The van der Waals surface area contributed by atoms with Crippen LogP contribution in [-0.2, 0) is 4.74 Å². The number of aromatic amines is 2. The molecule has 1 aliphatic carbocycles. The van der Waals surface area contributed by atoms with Gasteiger partial charge in [0.25, 0.3) is 0 Å². The van der Waals surface area contributed by atoms with Gasteiger partial charge in [0.05, 0.1) is 31.1 Å². The number of hydrogen-bond acceptors (Lipinski definition) is 9. The number of aromatic hydroxyl groups is 1. The highest BCUT2D eigenvalue weighted by atomic mass is 32.1. The van der Waals surface area contributed by atoms with Crippen molar-refractivity contribution in [2.45, 2.75) is 18.9 Å². The maximum atomic E-state index is 11.5. The molecule has 1 saturated heterocycles. The van der Waals surface area contributed by atoms with Gasteiger partial charge >= 0.3 is 5.69 Å². The molecule has 0 unspecified atom stereocenters. The van der Waals surface area contributed by atoms with Crippen LogP contribution in [0.4, 0.5) is 5.00 Å². The molecule has 2 fully saturated rings. The van der Waals surface area contributed by atoms with Crippen molar-refractivity contribution in [3.05, 3.63) is 50.6 Å². The summed E-state index contributed by atoms with van der Waals surface area (Å²) in [5, 5.41) is 22.8. The van der Waals surface area contributed by atoms with Crippen molar-refractivity contribution >= 4 is 28.1 Å². The average Bonchev–Trinajstić information content (AvgIpc) is 3.22. The number of thiophene rings is 1. The van der Waals surface area contributed by atoms with E-state index >= 15 is 0 Å². The van der Waals surface area contributed by atoms with E-state index in [2.05, 4.69) is 43.6 Å². The Balaban J connectivity index is 1.45. The van der Waals surface area contributed by atoms with Gasteiger partial charge in [-0.15, -0.1) is 11.3 Å². The molecule has 176 valence electrons. The average molecular weight is 481 g/mol. The van der Waals surface area contributed by atoms with E-state index in [1.54, 1.807) is 28.1 Å². The highest BCUT2D eigenvalue weighted by Crippen LogP contribution is 2.31. The minimum atomic E-state index is -0.478. The molecule has 11 nitrogen and oxygen atoms in total. The van der Waals surface area contributed by atoms with Crippen LogP contribution in [0.2, 0.25) is 0 Å². The summed E-state index contributed by atoms with van der Waals surface area (Å²) >= 11 is 1.66. The number of hydrazine groups is 1. The van der Waals surface area contributed by atoms with Crippen LogP contribution in [0.5, 0.6) is 5.88 Å². The molecule has 0 spiro atoms. The lowest BCUT2D eigenvalue weighted by Crippen LogP contribution is -2.46. The van der Waals surface area contributed by atoms with E-state index in [9.17, 15) is 9.90 Å². The number of aromatic nitrogens is 5. The molecule has 0 amide bonds. The smallest absolute Gasteiger partial charge is 0.326 e. The first-order valence-electron chi connectivity index (χ1n) is 11.2. The van der Waals surface area contributed by atoms with Crippen molar-refractivity contribution in [2.24, 2.45) is 4.99 Å². The number of rotatable bonds is 5. The molecule has 34 heavy (non-hydrogen) atoms. The third-order valence-corrected chi connectivity index (χ3v) is 6.98. The molecule has 4 aromatic rings. The number of imidazole rings is 1. The molecule has 1 saturated carbocycles. The van der Waals surface area contributed by atoms with Crippen molar-refractivity contribution in [1.82, 2.24) is 29.6 Å². The Morgan fingerprint density at radius 2 is 2.12 bits per heavy atom. The Morgan fingerprint density at radius 3 is 2.85 bits per heavy atom. The fraction of sp³-hybridized carbons (Fsp3) is 0.364. The van der Waals surface area contributed by atoms with Crippen LogP contribution >= 0.6 is 11.3 Å². The zero-order valence-electron chi connectivity index (χ0n) is 18.6. The Morgan fingerprint density at radius 1 is 1.29 bits per heavy atom. The third-order valence-electron chi connectivity index (χ3n) is 5.99. The first-order chi connectivity index (χ1) is 16.5. The summed E-state index contributed by atoms with van der Waals surface area (Å²) < 4.78 is 7.18. The lowest BCUT2D eigenvalue weighted by atomic mass is 10.2. The number of nitrogens with one attached hydrogen (secondary N) is 2. The second-order valence-electron chi connectivity index (χ2n) is 8.44. The fourth-order valence-electron chi connectivity index (χ4n) is 3.97. The van der Waals surface area contributed by atoms with Crippen LogP contribution in [0.25, 0.3) is 23.0 Å². The maximum absolute atomic E-state index is 11.5. The molecule has 0 atom stereocenters. The highest BCUT2D eigenvalue weighted by molar-refractivity contribution is 7.14. The van der Waals surface area contributed by atoms with E-state index in [1.807, 2.05) is 6.07 Å². The minimum absolute atomic E-state index is 0.225. The molecule has 0 aromatic carbocycles. The summed E-state index contributed by atoms with van der Waals surface area (Å²) in [5.41, 5.74) is 2.94. The van der Waals surface area contributed by atoms with Crippen molar-refractivity contribution in [1.29, 1.82) is 0 Å². The second kappa shape index (κ2) is 8.38. The van der Waals surface area contributed by atoms with Crippen LogP contribution in [0.3, 0.4) is 0 Å². The number of fused-ring (bicyclic) bond motifs is 1. The van der Waals surface area contributed by atoms with Gasteiger partial charge in [0, 0.05) is 42.4 Å². The zero-order chi connectivity index (χ0) is 23.2. The van der Waals surface area contributed by atoms with E-state index in [4.69, 9.17) is 14.7 Å². The molecule has 0 bridgehead atoms. The predicted octanol–water partition coefficient (Wildman–Crippen LogP) is 0.474. The molecular formula is C22H24N8O3S. The quantitative estimate of drug-likeness (QED) is 0.379. The van der Waals surface area contributed by atoms with Crippen molar-refractivity contribution in [2.75, 3.05) is 38.4 Å². The molecule has 12 heteroatoms. The minimum Gasteiger partial charge on any atom is -0.493 e. The molecule has 5 heterocycles. The molecule has 2 aliphatic rings. The van der Waals surface area contributed by atoms with Crippen molar-refractivity contribution in [3.63, 3.8) is 0 Å². The van der Waals surface area contributed by atoms with Gasteiger partial charge < -0.3 is 14.8 Å². The van der Waals surface area contributed by atoms with Crippen LogP contribution in [0, 0.1) is 0 Å². The Hall–Kier alpha value is -3.48. The van der Waals surface area contributed by atoms with Gasteiger partial charge in [0.2, 0.25) is 5.88 Å². The highest BCUT2D eigenvalue weighted by Gasteiger charge is 2.21. The van der Waals surface area contributed by atoms with Crippen LogP contribution in [0.15, 0.2) is 33.5 Å². The summed E-state index contributed by atoms with van der Waals surface area (Å²) in [7, 11) is 2.07. The first kappa shape index (κ1) is 21.1. The van der Waals surface area contributed by atoms with Gasteiger partial charge in [0.15, 0.2) is 11.1 Å². The summed E-state index contributed by atoms with van der Waals surface area (Å²) in [6.45, 7) is 3.19. The van der Waals surface area contributed by atoms with E-state index < -0.39 is 5.69 Å². The monoisotopic (exact) mass is 480 g/mol. The maximum Gasteiger partial charge on any atom is 0.326 e. The fourth-order valence-corrected chi connectivity index (χ4v) is 4.87. The lowest BCUT2D eigenvalue weighted by molar-refractivity contribution is 0.0350. The van der Waals surface area contributed by atoms with Gasteiger partial charge in [-0.05, 0) is 25.0 Å². The topological polar surface area (TPSA) is 127 Å². The number of H-pyrrole nitrogens is 2. The molecule has 1 aliphatic heterocycles. The number of ether oxygens (including phenoxy) is 1. The Kier molecular flexibility index (Phi) is 5.20. The van der Waals surface area contributed by atoms with Crippen LogP contribution < -0.4 is 21.4 Å². The summed E-state index contributed by atoms with van der Waals surface area (Å²) in [6, 6.07) is 4.42. The van der Waals surface area contributed by atoms with Gasteiger partial charge in [0.1, 0.15) is 10.7 Å². The van der Waals surface area contributed by atoms with E-state index in [0.717, 1.165) is 60.9 Å². The van der Waals surface area contributed by atoms with Gasteiger partial charge in [-0.2, -0.15) is 9.61 Å². The Labute approximate surface area is 197 Å².